The number of ether oxygens (including phenoxy) is 1. The van der Waals surface area contributed by atoms with Crippen molar-refractivity contribution in [3.63, 3.8) is 0 Å². The highest BCUT2D eigenvalue weighted by molar-refractivity contribution is 7.80. The topological polar surface area (TPSA) is 50.4 Å². The van der Waals surface area contributed by atoms with Crippen LogP contribution in [0.3, 0.4) is 0 Å². The second-order valence-electron chi connectivity index (χ2n) is 5.87. The maximum absolute atomic E-state index is 12.3. The number of hydrogen-bond acceptors (Lipinski definition) is 4. The molecule has 0 aliphatic heterocycles. The number of aryl methyl sites for hydroxylation is 1. The Morgan fingerprint density at radius 3 is 2.61 bits per heavy atom. The molecule has 6 heteroatoms. The molecule has 2 N–H and O–H groups in total. The summed E-state index contributed by atoms with van der Waals surface area (Å²) in [5.74, 6) is -0.266. The van der Waals surface area contributed by atoms with Crippen LogP contribution in [-0.4, -0.2) is 24.2 Å². The standard InChI is InChI=1S/C17H26N2O2S2/c1-4-11(5-2)18-17(22)19-15-14(16(20)21-3)12-9-7-6-8-10-13(12)23-15/h11H,4-10H2,1-3H3,(H2,18,19,22). The second kappa shape index (κ2) is 8.64. The molecule has 0 saturated heterocycles. The van der Waals surface area contributed by atoms with Crippen molar-refractivity contribution in [2.45, 2.75) is 64.8 Å². The van der Waals surface area contributed by atoms with E-state index in [1.165, 1.54) is 24.8 Å². The molecule has 4 nitrogen and oxygen atoms in total. The fraction of sp³-hybridized carbons (Fsp3) is 0.647. The van der Waals surface area contributed by atoms with E-state index in [0.29, 0.717) is 16.7 Å². The normalized spacial score (nSPS) is 14.1. The van der Waals surface area contributed by atoms with E-state index in [-0.39, 0.29) is 5.97 Å². The van der Waals surface area contributed by atoms with E-state index in [2.05, 4.69) is 24.5 Å². The summed E-state index contributed by atoms with van der Waals surface area (Å²) in [6, 6.07) is 0.356. The smallest absolute Gasteiger partial charge is 0.341 e. The average molecular weight is 355 g/mol. The van der Waals surface area contributed by atoms with Crippen LogP contribution < -0.4 is 10.6 Å². The van der Waals surface area contributed by atoms with Crippen molar-refractivity contribution in [3.8, 4) is 0 Å². The molecule has 23 heavy (non-hydrogen) atoms. The Balaban J connectivity index is 2.24. The van der Waals surface area contributed by atoms with Crippen molar-refractivity contribution >= 4 is 39.6 Å². The maximum Gasteiger partial charge on any atom is 0.341 e. The number of fused-ring (bicyclic) bond motifs is 1. The lowest BCUT2D eigenvalue weighted by atomic mass is 10.1. The number of anilines is 1. The van der Waals surface area contributed by atoms with Gasteiger partial charge in [0.25, 0.3) is 0 Å². The number of thiophene rings is 1. The number of rotatable bonds is 5. The van der Waals surface area contributed by atoms with E-state index in [4.69, 9.17) is 17.0 Å². The zero-order chi connectivity index (χ0) is 16.8. The number of hydrogen-bond donors (Lipinski definition) is 2. The van der Waals surface area contributed by atoms with E-state index in [1.54, 1.807) is 11.3 Å². The van der Waals surface area contributed by atoms with Gasteiger partial charge in [0.1, 0.15) is 5.00 Å². The zero-order valence-electron chi connectivity index (χ0n) is 14.2. The lowest BCUT2D eigenvalue weighted by molar-refractivity contribution is 0.0601. The van der Waals surface area contributed by atoms with Gasteiger partial charge in [-0.25, -0.2) is 4.79 Å². The largest absolute Gasteiger partial charge is 0.465 e. The molecule has 0 radical (unpaired) electrons. The van der Waals surface area contributed by atoms with E-state index in [9.17, 15) is 4.79 Å². The lowest BCUT2D eigenvalue weighted by Gasteiger charge is -2.17. The van der Waals surface area contributed by atoms with Crippen molar-refractivity contribution in [2.24, 2.45) is 0 Å². The van der Waals surface area contributed by atoms with Crippen LogP contribution in [0.5, 0.6) is 0 Å². The number of carbonyl (C=O) groups is 1. The van der Waals surface area contributed by atoms with Crippen molar-refractivity contribution in [1.29, 1.82) is 0 Å². The third kappa shape index (κ3) is 4.44. The third-order valence-corrected chi connectivity index (χ3v) is 5.79. The molecule has 1 aromatic rings. The van der Waals surface area contributed by atoms with Gasteiger partial charge in [-0.2, -0.15) is 0 Å². The molecule has 1 heterocycles. The number of nitrogens with one attached hydrogen (secondary N) is 2. The van der Waals surface area contributed by atoms with Crippen molar-refractivity contribution in [2.75, 3.05) is 12.4 Å². The minimum atomic E-state index is -0.266. The highest BCUT2D eigenvalue weighted by atomic mass is 32.1. The van der Waals surface area contributed by atoms with Crippen LogP contribution in [-0.2, 0) is 17.6 Å². The number of esters is 1. The molecule has 1 aromatic heterocycles. The highest BCUT2D eigenvalue weighted by Gasteiger charge is 2.25. The van der Waals surface area contributed by atoms with Gasteiger partial charge in [-0.1, -0.05) is 20.3 Å². The van der Waals surface area contributed by atoms with E-state index in [0.717, 1.165) is 42.7 Å². The lowest BCUT2D eigenvalue weighted by Crippen LogP contribution is -2.37. The van der Waals surface area contributed by atoms with Crippen LogP contribution in [0.25, 0.3) is 0 Å². The molecule has 0 saturated carbocycles. The minimum absolute atomic E-state index is 0.266. The van der Waals surface area contributed by atoms with Gasteiger partial charge in [-0.15, -0.1) is 11.3 Å². The Labute approximate surface area is 148 Å². The molecule has 0 atom stereocenters. The minimum Gasteiger partial charge on any atom is -0.465 e. The van der Waals surface area contributed by atoms with Gasteiger partial charge in [0.2, 0.25) is 0 Å². The fourth-order valence-corrected chi connectivity index (χ4v) is 4.58. The fourth-order valence-electron chi connectivity index (χ4n) is 2.97. The molecule has 0 fully saturated rings. The summed E-state index contributed by atoms with van der Waals surface area (Å²) >= 11 is 7.08. The van der Waals surface area contributed by atoms with Crippen LogP contribution >= 0.6 is 23.6 Å². The molecule has 128 valence electrons. The first-order valence-electron chi connectivity index (χ1n) is 8.41. The van der Waals surface area contributed by atoms with Gasteiger partial charge in [0.15, 0.2) is 5.11 Å². The Bertz CT molecular complexity index is 565. The van der Waals surface area contributed by atoms with E-state index < -0.39 is 0 Å². The third-order valence-electron chi connectivity index (χ3n) is 4.36. The second-order valence-corrected chi connectivity index (χ2v) is 7.39. The highest BCUT2D eigenvalue weighted by Crippen LogP contribution is 2.37. The average Bonchev–Trinajstić information content (AvgIpc) is 2.72. The predicted molar refractivity (Wildman–Crippen MR) is 101 cm³/mol. The Morgan fingerprint density at radius 1 is 1.26 bits per heavy atom. The molecule has 2 rings (SSSR count). The molecule has 1 aliphatic rings. The van der Waals surface area contributed by atoms with Gasteiger partial charge in [0.05, 0.1) is 12.7 Å². The van der Waals surface area contributed by atoms with Gasteiger partial charge < -0.3 is 15.4 Å². The summed E-state index contributed by atoms with van der Waals surface area (Å²) in [4.78, 5) is 13.6. The maximum atomic E-state index is 12.3. The predicted octanol–water partition coefficient (Wildman–Crippen LogP) is 4.28. The van der Waals surface area contributed by atoms with Crippen LogP contribution in [0.2, 0.25) is 0 Å². The monoisotopic (exact) mass is 354 g/mol. The SMILES string of the molecule is CCC(CC)NC(=S)Nc1sc2c(c1C(=O)OC)CCCCC2. The number of thiocarbonyl (C=S) groups is 1. The van der Waals surface area contributed by atoms with Crippen molar-refractivity contribution < 1.29 is 9.53 Å². The van der Waals surface area contributed by atoms with Crippen LogP contribution in [0.15, 0.2) is 0 Å². The summed E-state index contributed by atoms with van der Waals surface area (Å²) < 4.78 is 5.01. The Kier molecular flexibility index (Phi) is 6.84. The summed E-state index contributed by atoms with van der Waals surface area (Å²) in [5.41, 5.74) is 1.84. The number of methoxy groups -OCH3 is 1. The van der Waals surface area contributed by atoms with Gasteiger partial charge >= 0.3 is 5.97 Å². The molecular weight excluding hydrogens is 328 g/mol. The molecule has 0 amide bonds. The van der Waals surface area contributed by atoms with Crippen LogP contribution in [0.1, 0.15) is 66.8 Å². The molecule has 0 unspecified atom stereocenters. The van der Waals surface area contributed by atoms with Crippen LogP contribution in [0.4, 0.5) is 5.00 Å². The Morgan fingerprint density at radius 2 is 1.96 bits per heavy atom. The summed E-state index contributed by atoms with van der Waals surface area (Å²) in [7, 11) is 1.44. The van der Waals surface area contributed by atoms with E-state index >= 15 is 0 Å². The van der Waals surface area contributed by atoms with Crippen LogP contribution in [0, 0.1) is 0 Å². The molecule has 0 bridgehead atoms. The quantitative estimate of drug-likeness (QED) is 0.470. The van der Waals surface area contributed by atoms with Gasteiger partial charge in [0, 0.05) is 10.9 Å². The van der Waals surface area contributed by atoms with Crippen molar-refractivity contribution in [1.82, 2.24) is 5.32 Å². The van der Waals surface area contributed by atoms with Gasteiger partial charge in [-0.05, 0) is 56.3 Å². The number of carbonyl (C=O) groups excluding carboxylic acids is 1. The summed E-state index contributed by atoms with van der Waals surface area (Å²) in [6.45, 7) is 4.27. The summed E-state index contributed by atoms with van der Waals surface area (Å²) in [5, 5.41) is 7.97. The Hall–Kier alpha value is -1.14. The first kappa shape index (κ1) is 18.2. The zero-order valence-corrected chi connectivity index (χ0v) is 15.8. The molecule has 0 aromatic carbocycles. The summed E-state index contributed by atoms with van der Waals surface area (Å²) in [6.07, 6.45) is 7.56. The van der Waals surface area contributed by atoms with Gasteiger partial charge in [-0.3, -0.25) is 0 Å². The molecule has 0 spiro atoms. The van der Waals surface area contributed by atoms with E-state index in [1.807, 2.05) is 0 Å². The molecular formula is C17H26N2O2S2. The van der Waals surface area contributed by atoms with Crippen molar-refractivity contribution in [3.05, 3.63) is 16.0 Å². The first-order valence-corrected chi connectivity index (χ1v) is 9.63. The first-order chi connectivity index (χ1) is 11.1. The molecule has 1 aliphatic carbocycles.